The van der Waals surface area contributed by atoms with Crippen LogP contribution in [0.2, 0.25) is 0 Å². The zero-order valence-corrected chi connectivity index (χ0v) is 14.4. The van der Waals surface area contributed by atoms with Crippen LogP contribution >= 0.6 is 0 Å². The molecule has 4 rings (SSSR count). The monoisotopic (exact) mass is 347 g/mol. The molecule has 5 heteroatoms. The lowest BCUT2D eigenvalue weighted by Crippen LogP contribution is -2.19. The van der Waals surface area contributed by atoms with Crippen LogP contribution in [0.1, 0.15) is 34.0 Å². The van der Waals surface area contributed by atoms with Gasteiger partial charge in [-0.05, 0) is 41.8 Å². The highest BCUT2D eigenvalue weighted by Gasteiger charge is 2.24. The summed E-state index contributed by atoms with van der Waals surface area (Å²) in [7, 11) is 0. The van der Waals surface area contributed by atoms with Gasteiger partial charge in [0.1, 0.15) is 0 Å². The van der Waals surface area contributed by atoms with Crippen molar-refractivity contribution in [3.05, 3.63) is 77.6 Å². The molecule has 0 spiro atoms. The fourth-order valence-corrected chi connectivity index (χ4v) is 3.69. The molecule has 1 saturated heterocycles. The number of hydrogen-bond donors (Lipinski definition) is 2. The van der Waals surface area contributed by atoms with Crippen LogP contribution in [0.4, 0.5) is 0 Å². The van der Waals surface area contributed by atoms with Gasteiger partial charge < -0.3 is 5.11 Å². The average Bonchev–Trinajstić information content (AvgIpc) is 3.34. The Balaban J connectivity index is 1.45. The van der Waals surface area contributed by atoms with Crippen LogP contribution in [0.5, 0.6) is 0 Å². The molecular formula is C21H21N3O2. The number of nitrogens with one attached hydrogen (secondary N) is 1. The molecule has 26 heavy (non-hydrogen) atoms. The van der Waals surface area contributed by atoms with Crippen LogP contribution in [-0.2, 0) is 6.54 Å². The Hall–Kier alpha value is -2.92. The van der Waals surface area contributed by atoms with E-state index in [2.05, 4.69) is 33.3 Å². The normalized spacial score (nSPS) is 17.5. The van der Waals surface area contributed by atoms with E-state index in [1.54, 1.807) is 12.1 Å². The number of aromatic amines is 1. The van der Waals surface area contributed by atoms with Crippen molar-refractivity contribution in [3.63, 3.8) is 0 Å². The van der Waals surface area contributed by atoms with Crippen molar-refractivity contribution in [3.8, 4) is 11.1 Å². The van der Waals surface area contributed by atoms with Crippen molar-refractivity contribution >= 4 is 5.97 Å². The van der Waals surface area contributed by atoms with Gasteiger partial charge in [-0.2, -0.15) is 5.10 Å². The van der Waals surface area contributed by atoms with Crippen molar-refractivity contribution < 1.29 is 9.90 Å². The minimum atomic E-state index is -0.897. The molecule has 5 nitrogen and oxygen atoms in total. The number of H-pyrrole nitrogens is 1. The molecule has 0 radical (unpaired) electrons. The smallest absolute Gasteiger partial charge is 0.336 e. The molecule has 2 N–H and O–H groups in total. The van der Waals surface area contributed by atoms with Gasteiger partial charge in [0.25, 0.3) is 0 Å². The summed E-state index contributed by atoms with van der Waals surface area (Å²) in [6.45, 7) is 3.02. The van der Waals surface area contributed by atoms with Gasteiger partial charge in [-0.1, -0.05) is 42.5 Å². The van der Waals surface area contributed by atoms with Gasteiger partial charge in [-0.15, -0.1) is 0 Å². The third kappa shape index (κ3) is 3.39. The van der Waals surface area contributed by atoms with Gasteiger partial charge in [-0.25, -0.2) is 4.79 Å². The average molecular weight is 347 g/mol. The lowest BCUT2D eigenvalue weighted by molar-refractivity contribution is 0.0697. The summed E-state index contributed by atoms with van der Waals surface area (Å²) in [6, 6.07) is 17.4. The molecule has 132 valence electrons. The third-order valence-corrected chi connectivity index (χ3v) is 5.06. The summed E-state index contributed by atoms with van der Waals surface area (Å²) < 4.78 is 0. The molecule has 3 aromatic rings. The first-order valence-electron chi connectivity index (χ1n) is 8.84. The molecule has 0 unspecified atom stereocenters. The van der Waals surface area contributed by atoms with Gasteiger partial charge in [0.15, 0.2) is 0 Å². The number of aromatic carboxylic acids is 1. The van der Waals surface area contributed by atoms with E-state index in [-0.39, 0.29) is 0 Å². The molecule has 1 atom stereocenters. The maximum Gasteiger partial charge on any atom is 0.336 e. The minimum Gasteiger partial charge on any atom is -0.478 e. The van der Waals surface area contributed by atoms with Crippen LogP contribution in [-0.4, -0.2) is 39.3 Å². The fourth-order valence-electron chi connectivity index (χ4n) is 3.69. The van der Waals surface area contributed by atoms with E-state index in [1.165, 1.54) is 11.3 Å². The number of likely N-dealkylation sites (tertiary alicyclic amines) is 1. The Bertz CT molecular complexity index is 888. The fraction of sp³-hybridized carbons (Fsp3) is 0.238. The van der Waals surface area contributed by atoms with Gasteiger partial charge in [0.05, 0.1) is 5.56 Å². The van der Waals surface area contributed by atoms with Crippen LogP contribution in [0.25, 0.3) is 11.1 Å². The lowest BCUT2D eigenvalue weighted by Gasteiger charge is -2.16. The van der Waals surface area contributed by atoms with Crippen molar-refractivity contribution in [1.29, 1.82) is 0 Å². The largest absolute Gasteiger partial charge is 0.478 e. The summed E-state index contributed by atoms with van der Waals surface area (Å²) in [4.78, 5) is 13.9. The maximum absolute atomic E-state index is 11.4. The van der Waals surface area contributed by atoms with Gasteiger partial charge in [0, 0.05) is 30.9 Å². The second-order valence-corrected chi connectivity index (χ2v) is 6.78. The first-order valence-corrected chi connectivity index (χ1v) is 8.84. The van der Waals surface area contributed by atoms with E-state index >= 15 is 0 Å². The molecule has 1 aliphatic heterocycles. The molecule has 0 amide bonds. The molecule has 1 aromatic heterocycles. The zero-order valence-electron chi connectivity index (χ0n) is 14.4. The first-order chi connectivity index (χ1) is 12.7. The highest BCUT2D eigenvalue weighted by Crippen LogP contribution is 2.28. The van der Waals surface area contributed by atoms with E-state index in [0.29, 0.717) is 11.5 Å². The quantitative estimate of drug-likeness (QED) is 0.737. The van der Waals surface area contributed by atoms with E-state index in [4.69, 9.17) is 0 Å². The standard InChI is InChI=1S/C21H21N3O2/c25-21(26)19-4-2-1-3-18(19)16-7-5-15(6-8-16)13-24-12-10-17(14-24)20-9-11-22-23-20/h1-9,11,17H,10,12-14H2,(H,22,23)(H,25,26)/t17-/m0/s1. The maximum atomic E-state index is 11.4. The van der Waals surface area contributed by atoms with Crippen LogP contribution < -0.4 is 0 Å². The number of benzene rings is 2. The van der Waals surface area contributed by atoms with Crippen molar-refractivity contribution in [2.24, 2.45) is 0 Å². The number of nitrogens with zero attached hydrogens (tertiary/aromatic N) is 2. The van der Waals surface area contributed by atoms with Gasteiger partial charge in [-0.3, -0.25) is 10.00 Å². The molecule has 0 aliphatic carbocycles. The lowest BCUT2D eigenvalue weighted by atomic mass is 9.98. The van der Waals surface area contributed by atoms with E-state index in [1.807, 2.05) is 30.5 Å². The van der Waals surface area contributed by atoms with Crippen molar-refractivity contribution in [2.75, 3.05) is 13.1 Å². The van der Waals surface area contributed by atoms with Crippen LogP contribution in [0.15, 0.2) is 60.8 Å². The summed E-state index contributed by atoms with van der Waals surface area (Å²) in [5.74, 6) is -0.370. The Morgan fingerprint density at radius 1 is 1.15 bits per heavy atom. The Labute approximate surface area is 152 Å². The molecule has 0 saturated carbocycles. The second-order valence-electron chi connectivity index (χ2n) is 6.78. The van der Waals surface area contributed by atoms with Crippen LogP contribution in [0, 0.1) is 0 Å². The Morgan fingerprint density at radius 3 is 2.69 bits per heavy atom. The number of hydrogen-bond acceptors (Lipinski definition) is 3. The molecule has 2 heterocycles. The zero-order chi connectivity index (χ0) is 17.9. The Morgan fingerprint density at radius 2 is 1.96 bits per heavy atom. The van der Waals surface area contributed by atoms with Gasteiger partial charge >= 0.3 is 5.97 Å². The number of carboxylic acids is 1. The van der Waals surface area contributed by atoms with E-state index in [0.717, 1.165) is 37.2 Å². The third-order valence-electron chi connectivity index (χ3n) is 5.06. The second kappa shape index (κ2) is 7.14. The molecular weight excluding hydrogens is 326 g/mol. The number of carboxylic acid groups (broad SMARTS) is 1. The number of rotatable bonds is 5. The van der Waals surface area contributed by atoms with E-state index in [9.17, 15) is 9.90 Å². The topological polar surface area (TPSA) is 69.2 Å². The number of aromatic nitrogens is 2. The van der Waals surface area contributed by atoms with E-state index < -0.39 is 5.97 Å². The molecule has 1 fully saturated rings. The summed E-state index contributed by atoms with van der Waals surface area (Å²) in [6.07, 6.45) is 2.96. The summed E-state index contributed by atoms with van der Waals surface area (Å²) in [5.41, 5.74) is 4.48. The Kier molecular flexibility index (Phi) is 4.54. The predicted octanol–water partition coefficient (Wildman–Crippen LogP) is 3.76. The summed E-state index contributed by atoms with van der Waals surface area (Å²) in [5, 5.41) is 16.5. The summed E-state index contributed by atoms with van der Waals surface area (Å²) >= 11 is 0. The minimum absolute atomic E-state index is 0.335. The molecule has 1 aliphatic rings. The van der Waals surface area contributed by atoms with Crippen molar-refractivity contribution in [2.45, 2.75) is 18.9 Å². The number of carbonyl (C=O) groups is 1. The van der Waals surface area contributed by atoms with Crippen molar-refractivity contribution in [1.82, 2.24) is 15.1 Å². The molecule has 0 bridgehead atoms. The van der Waals surface area contributed by atoms with Crippen LogP contribution in [0.3, 0.4) is 0 Å². The predicted molar refractivity (Wildman–Crippen MR) is 100 cm³/mol. The van der Waals surface area contributed by atoms with Gasteiger partial charge in [0.2, 0.25) is 0 Å². The first kappa shape index (κ1) is 16.5. The molecule has 2 aromatic carbocycles. The highest BCUT2D eigenvalue weighted by atomic mass is 16.4. The highest BCUT2D eigenvalue weighted by molar-refractivity contribution is 5.95. The SMILES string of the molecule is O=C(O)c1ccccc1-c1ccc(CN2CC[C@H](c3ccn[nH]3)C2)cc1.